The van der Waals surface area contributed by atoms with E-state index in [0.717, 1.165) is 12.5 Å². The van der Waals surface area contributed by atoms with Crippen LogP contribution in [0.3, 0.4) is 0 Å². The van der Waals surface area contributed by atoms with Gasteiger partial charge in [-0.25, -0.2) is 0 Å². The lowest BCUT2D eigenvalue weighted by Crippen LogP contribution is -2.43. The number of rotatable bonds is 3. The van der Waals surface area contributed by atoms with E-state index in [9.17, 15) is 0 Å². The van der Waals surface area contributed by atoms with Crippen molar-refractivity contribution in [1.29, 1.82) is 0 Å². The summed E-state index contributed by atoms with van der Waals surface area (Å²) in [4.78, 5) is 2.67. The number of piperidine rings is 1. The molecule has 1 aromatic carbocycles. The molecule has 0 radical (unpaired) electrons. The van der Waals surface area contributed by atoms with Crippen molar-refractivity contribution >= 4 is 0 Å². The Hall–Kier alpha value is -0.860. The van der Waals surface area contributed by atoms with E-state index in [1.165, 1.54) is 51.7 Å². The lowest BCUT2D eigenvalue weighted by atomic mass is 9.79. The van der Waals surface area contributed by atoms with Crippen molar-refractivity contribution in [2.45, 2.75) is 44.9 Å². The number of aryl methyl sites for hydroxylation is 1. The Bertz CT molecular complexity index is 446. The third-order valence-corrected chi connectivity index (χ3v) is 5.53. The van der Waals surface area contributed by atoms with Crippen molar-refractivity contribution in [3.05, 3.63) is 35.4 Å². The molecule has 1 saturated heterocycles. The van der Waals surface area contributed by atoms with Gasteiger partial charge in [0, 0.05) is 6.54 Å². The summed E-state index contributed by atoms with van der Waals surface area (Å²) in [5, 5.41) is 0. The summed E-state index contributed by atoms with van der Waals surface area (Å²) in [6, 6.07) is 9.07. The normalized spacial score (nSPS) is 26.2. The first-order valence-corrected chi connectivity index (χ1v) is 8.20. The SMILES string of the molecule is CC1(CN)CCN(CC2CCCc3ccccc32)CC1. The number of benzene rings is 1. The molecule has 2 aliphatic rings. The highest BCUT2D eigenvalue weighted by molar-refractivity contribution is 5.32. The Morgan fingerprint density at radius 1 is 1.25 bits per heavy atom. The second-order valence-corrected chi connectivity index (χ2v) is 7.10. The Labute approximate surface area is 123 Å². The fourth-order valence-corrected chi connectivity index (χ4v) is 3.84. The van der Waals surface area contributed by atoms with Crippen LogP contribution in [-0.4, -0.2) is 31.1 Å². The molecule has 1 fully saturated rings. The van der Waals surface area contributed by atoms with Crippen molar-refractivity contribution in [2.75, 3.05) is 26.2 Å². The largest absolute Gasteiger partial charge is 0.330 e. The summed E-state index contributed by atoms with van der Waals surface area (Å²) in [6.07, 6.45) is 6.52. The fraction of sp³-hybridized carbons (Fsp3) is 0.667. The molecule has 1 atom stereocenters. The molecule has 2 nitrogen and oxygen atoms in total. The zero-order valence-electron chi connectivity index (χ0n) is 12.8. The molecule has 110 valence electrons. The van der Waals surface area contributed by atoms with Gasteiger partial charge < -0.3 is 10.6 Å². The molecule has 20 heavy (non-hydrogen) atoms. The van der Waals surface area contributed by atoms with Gasteiger partial charge in [-0.05, 0) is 74.2 Å². The molecule has 2 heteroatoms. The lowest BCUT2D eigenvalue weighted by Gasteiger charge is -2.40. The van der Waals surface area contributed by atoms with Crippen LogP contribution in [0.25, 0.3) is 0 Å². The molecule has 1 aliphatic heterocycles. The third-order valence-electron chi connectivity index (χ3n) is 5.53. The molecule has 1 unspecified atom stereocenters. The Balaban J connectivity index is 1.63. The van der Waals surface area contributed by atoms with Crippen LogP contribution in [-0.2, 0) is 6.42 Å². The van der Waals surface area contributed by atoms with Crippen LogP contribution in [0, 0.1) is 5.41 Å². The minimum Gasteiger partial charge on any atom is -0.330 e. The Morgan fingerprint density at radius 2 is 2.00 bits per heavy atom. The van der Waals surface area contributed by atoms with Gasteiger partial charge in [-0.15, -0.1) is 0 Å². The second kappa shape index (κ2) is 5.87. The zero-order valence-corrected chi connectivity index (χ0v) is 12.8. The van der Waals surface area contributed by atoms with Crippen LogP contribution in [0.4, 0.5) is 0 Å². The van der Waals surface area contributed by atoms with Crippen LogP contribution in [0.1, 0.15) is 49.7 Å². The van der Waals surface area contributed by atoms with Gasteiger partial charge >= 0.3 is 0 Å². The maximum Gasteiger partial charge on any atom is 0.00504 e. The monoisotopic (exact) mass is 272 g/mol. The van der Waals surface area contributed by atoms with Crippen LogP contribution >= 0.6 is 0 Å². The molecule has 1 aromatic rings. The smallest absolute Gasteiger partial charge is 0.00504 e. The fourth-order valence-electron chi connectivity index (χ4n) is 3.84. The molecule has 0 amide bonds. The molecule has 1 aliphatic carbocycles. The van der Waals surface area contributed by atoms with Gasteiger partial charge in [-0.1, -0.05) is 31.2 Å². The highest BCUT2D eigenvalue weighted by Gasteiger charge is 2.30. The van der Waals surface area contributed by atoms with E-state index in [-0.39, 0.29) is 0 Å². The van der Waals surface area contributed by atoms with Gasteiger partial charge in [0.2, 0.25) is 0 Å². The summed E-state index contributed by atoms with van der Waals surface area (Å²) in [5.74, 6) is 0.752. The minimum absolute atomic E-state index is 0.390. The van der Waals surface area contributed by atoms with Gasteiger partial charge in [0.15, 0.2) is 0 Å². The molecule has 2 N–H and O–H groups in total. The second-order valence-electron chi connectivity index (χ2n) is 7.10. The van der Waals surface area contributed by atoms with E-state index in [0.29, 0.717) is 5.41 Å². The van der Waals surface area contributed by atoms with Gasteiger partial charge in [0.1, 0.15) is 0 Å². The first-order chi connectivity index (χ1) is 9.70. The van der Waals surface area contributed by atoms with E-state index >= 15 is 0 Å². The van der Waals surface area contributed by atoms with Crippen molar-refractivity contribution in [2.24, 2.45) is 11.1 Å². The summed E-state index contributed by atoms with van der Waals surface area (Å²) in [6.45, 7) is 6.89. The van der Waals surface area contributed by atoms with E-state index in [2.05, 4.69) is 36.1 Å². The Kier molecular flexibility index (Phi) is 4.13. The van der Waals surface area contributed by atoms with E-state index in [4.69, 9.17) is 5.73 Å². The predicted octanol–water partition coefficient (Wildman–Crippen LogP) is 3.17. The first kappa shape index (κ1) is 14.1. The molecule has 1 heterocycles. The standard InChI is InChI=1S/C18H28N2/c1-18(14-19)9-11-20(12-10-18)13-16-7-4-6-15-5-2-3-8-17(15)16/h2-3,5,8,16H,4,6-7,9-14,19H2,1H3. The summed E-state index contributed by atoms with van der Waals surface area (Å²) < 4.78 is 0. The number of likely N-dealkylation sites (tertiary alicyclic amines) is 1. The maximum atomic E-state index is 5.91. The molecule has 0 bridgehead atoms. The van der Waals surface area contributed by atoms with Gasteiger partial charge in [0.25, 0.3) is 0 Å². The maximum absolute atomic E-state index is 5.91. The Morgan fingerprint density at radius 3 is 2.75 bits per heavy atom. The zero-order chi connectivity index (χ0) is 14.0. The van der Waals surface area contributed by atoms with Crippen molar-refractivity contribution in [3.8, 4) is 0 Å². The quantitative estimate of drug-likeness (QED) is 0.916. The summed E-state index contributed by atoms with van der Waals surface area (Å²) >= 11 is 0. The van der Waals surface area contributed by atoms with Crippen molar-refractivity contribution in [1.82, 2.24) is 4.90 Å². The predicted molar refractivity (Wildman–Crippen MR) is 85.0 cm³/mol. The van der Waals surface area contributed by atoms with Gasteiger partial charge in [-0.2, -0.15) is 0 Å². The van der Waals surface area contributed by atoms with Crippen LogP contribution in [0.2, 0.25) is 0 Å². The van der Waals surface area contributed by atoms with Crippen LogP contribution in [0.15, 0.2) is 24.3 Å². The van der Waals surface area contributed by atoms with E-state index in [1.807, 2.05) is 0 Å². The molecule has 0 saturated carbocycles. The summed E-state index contributed by atoms with van der Waals surface area (Å²) in [7, 11) is 0. The molecular weight excluding hydrogens is 244 g/mol. The molecular formula is C18H28N2. The summed E-state index contributed by atoms with van der Waals surface area (Å²) in [5.41, 5.74) is 9.51. The molecule has 0 aromatic heterocycles. The van der Waals surface area contributed by atoms with E-state index in [1.54, 1.807) is 11.1 Å². The number of fused-ring (bicyclic) bond motifs is 1. The number of nitrogens with zero attached hydrogens (tertiary/aromatic N) is 1. The molecule has 3 rings (SSSR count). The topological polar surface area (TPSA) is 29.3 Å². The van der Waals surface area contributed by atoms with Crippen molar-refractivity contribution < 1.29 is 0 Å². The van der Waals surface area contributed by atoms with Crippen LogP contribution < -0.4 is 5.73 Å². The number of hydrogen-bond donors (Lipinski definition) is 1. The number of nitrogens with two attached hydrogens (primary N) is 1. The average Bonchev–Trinajstić information content (AvgIpc) is 2.50. The molecule has 0 spiro atoms. The van der Waals surface area contributed by atoms with Gasteiger partial charge in [0.05, 0.1) is 0 Å². The van der Waals surface area contributed by atoms with Crippen LogP contribution in [0.5, 0.6) is 0 Å². The lowest BCUT2D eigenvalue weighted by molar-refractivity contribution is 0.117. The van der Waals surface area contributed by atoms with Gasteiger partial charge in [-0.3, -0.25) is 0 Å². The highest BCUT2D eigenvalue weighted by atomic mass is 15.1. The van der Waals surface area contributed by atoms with E-state index < -0.39 is 0 Å². The number of hydrogen-bond acceptors (Lipinski definition) is 2. The third kappa shape index (κ3) is 2.91. The van der Waals surface area contributed by atoms with Crippen molar-refractivity contribution in [3.63, 3.8) is 0 Å². The average molecular weight is 272 g/mol. The first-order valence-electron chi connectivity index (χ1n) is 8.20. The highest BCUT2D eigenvalue weighted by Crippen LogP contribution is 2.34. The minimum atomic E-state index is 0.390.